The van der Waals surface area contributed by atoms with Crippen molar-refractivity contribution in [3.63, 3.8) is 0 Å². The van der Waals surface area contributed by atoms with Gasteiger partial charge < -0.3 is 29.4 Å². The number of hydrogen-bond acceptors (Lipinski definition) is 7. The van der Waals surface area contributed by atoms with Crippen molar-refractivity contribution in [2.75, 3.05) is 20.3 Å². The van der Waals surface area contributed by atoms with Crippen LogP contribution in [-0.2, 0) is 25.6 Å². The van der Waals surface area contributed by atoms with Gasteiger partial charge >= 0.3 is 6.03 Å². The smallest absolute Gasteiger partial charge is 0.344 e. The van der Waals surface area contributed by atoms with Crippen LogP contribution in [-0.4, -0.2) is 66.3 Å². The van der Waals surface area contributed by atoms with Crippen molar-refractivity contribution in [3.05, 3.63) is 29.8 Å². The Morgan fingerprint density at radius 1 is 1.30 bits per heavy atom. The van der Waals surface area contributed by atoms with Crippen molar-refractivity contribution in [2.45, 2.75) is 50.2 Å². The van der Waals surface area contributed by atoms with Crippen LogP contribution < -0.4 is 10.1 Å². The maximum absolute atomic E-state index is 12.8. The standard InChI is InChI=1S/C18H24N2O7/c1-17(2)26-14-13-9-24-20(18(10-21,25-13)15(14)27-17)16(22)19-8-11-4-6-12(23-3)7-5-11/h4-7,13-15,21H,8-10H2,1-3H3,(H,19,22)/t13-,14-,15-,18-/m1/s1. The van der Waals surface area contributed by atoms with Crippen LogP contribution in [0.3, 0.4) is 0 Å². The van der Waals surface area contributed by atoms with E-state index in [1.54, 1.807) is 21.0 Å². The van der Waals surface area contributed by atoms with Crippen LogP contribution in [0, 0.1) is 0 Å². The largest absolute Gasteiger partial charge is 0.497 e. The first kappa shape index (κ1) is 18.5. The number of ether oxygens (including phenoxy) is 4. The molecule has 0 saturated carbocycles. The molecule has 0 spiro atoms. The maximum Gasteiger partial charge on any atom is 0.344 e. The third-order valence-electron chi connectivity index (χ3n) is 5.02. The highest BCUT2D eigenvalue weighted by Gasteiger charge is 2.69. The van der Waals surface area contributed by atoms with E-state index in [9.17, 15) is 9.90 Å². The SMILES string of the molecule is COc1ccc(CNC(=O)N2OC[C@H]3O[C@]2(CO)[C@@H]2OC(C)(C)O[C@@H]23)cc1. The Morgan fingerprint density at radius 3 is 2.70 bits per heavy atom. The summed E-state index contributed by atoms with van der Waals surface area (Å²) in [6.45, 7) is 3.53. The van der Waals surface area contributed by atoms with E-state index in [4.69, 9.17) is 23.8 Å². The lowest BCUT2D eigenvalue weighted by Gasteiger charge is -2.43. The Morgan fingerprint density at radius 2 is 2.04 bits per heavy atom. The number of fused-ring (bicyclic) bond motifs is 5. The second-order valence-electron chi connectivity index (χ2n) is 7.28. The fourth-order valence-corrected chi connectivity index (χ4v) is 3.77. The van der Waals surface area contributed by atoms with Gasteiger partial charge in [-0.25, -0.2) is 4.79 Å². The fraction of sp³-hybridized carbons (Fsp3) is 0.611. The molecule has 1 aromatic rings. The van der Waals surface area contributed by atoms with Crippen molar-refractivity contribution in [2.24, 2.45) is 0 Å². The monoisotopic (exact) mass is 380 g/mol. The molecular weight excluding hydrogens is 356 g/mol. The van der Waals surface area contributed by atoms with E-state index in [1.165, 1.54) is 0 Å². The second kappa shape index (κ2) is 6.61. The molecule has 0 aromatic heterocycles. The average Bonchev–Trinajstić information content (AvgIpc) is 3.11. The zero-order chi connectivity index (χ0) is 19.2. The fourth-order valence-electron chi connectivity index (χ4n) is 3.77. The number of hydrogen-bond donors (Lipinski definition) is 2. The van der Waals surface area contributed by atoms with Gasteiger partial charge in [-0.1, -0.05) is 12.1 Å². The minimum absolute atomic E-state index is 0.137. The van der Waals surface area contributed by atoms with E-state index in [0.29, 0.717) is 0 Å². The molecule has 0 unspecified atom stereocenters. The third-order valence-corrected chi connectivity index (χ3v) is 5.02. The van der Waals surface area contributed by atoms with Crippen LogP contribution >= 0.6 is 0 Å². The summed E-state index contributed by atoms with van der Waals surface area (Å²) in [4.78, 5) is 18.4. The van der Waals surface area contributed by atoms with Gasteiger partial charge in [0.25, 0.3) is 0 Å². The van der Waals surface area contributed by atoms with E-state index in [0.717, 1.165) is 16.4 Å². The van der Waals surface area contributed by atoms with E-state index in [-0.39, 0.29) is 13.2 Å². The molecule has 0 aliphatic carbocycles. The molecule has 3 aliphatic rings. The van der Waals surface area contributed by atoms with E-state index >= 15 is 0 Å². The number of methoxy groups -OCH3 is 1. The summed E-state index contributed by atoms with van der Waals surface area (Å²) in [5, 5.41) is 13.9. The number of benzene rings is 1. The molecular formula is C18H24N2O7. The number of nitrogens with zero attached hydrogens (tertiary/aromatic N) is 1. The molecule has 2 bridgehead atoms. The Bertz CT molecular complexity index is 710. The molecule has 3 saturated heterocycles. The predicted molar refractivity (Wildman–Crippen MR) is 91.5 cm³/mol. The summed E-state index contributed by atoms with van der Waals surface area (Å²) in [7, 11) is 1.59. The number of carbonyl (C=O) groups is 1. The maximum atomic E-state index is 12.8. The van der Waals surface area contributed by atoms with Crippen LogP contribution in [0.4, 0.5) is 4.79 Å². The van der Waals surface area contributed by atoms with E-state index in [2.05, 4.69) is 5.32 Å². The summed E-state index contributed by atoms with van der Waals surface area (Å²) >= 11 is 0. The molecule has 3 aliphatic heterocycles. The van der Waals surface area contributed by atoms with Gasteiger partial charge in [-0.2, -0.15) is 5.06 Å². The number of nitrogens with one attached hydrogen (secondary N) is 1. The summed E-state index contributed by atoms with van der Waals surface area (Å²) in [6, 6.07) is 6.82. The van der Waals surface area contributed by atoms with Gasteiger partial charge in [0, 0.05) is 6.54 Å². The van der Waals surface area contributed by atoms with Gasteiger partial charge in [0.05, 0.1) is 13.7 Å². The first-order valence-electron chi connectivity index (χ1n) is 8.87. The van der Waals surface area contributed by atoms with Gasteiger partial charge in [-0.3, -0.25) is 4.84 Å². The molecule has 0 radical (unpaired) electrons. The summed E-state index contributed by atoms with van der Waals surface area (Å²) in [5.74, 6) is -0.0819. The molecule has 4 rings (SSSR count). The Balaban J connectivity index is 1.48. The lowest BCUT2D eigenvalue weighted by molar-refractivity contribution is -0.361. The molecule has 3 heterocycles. The van der Waals surface area contributed by atoms with Crippen molar-refractivity contribution in [1.29, 1.82) is 0 Å². The first-order chi connectivity index (χ1) is 12.9. The number of rotatable bonds is 4. The van der Waals surface area contributed by atoms with Gasteiger partial charge in [0.1, 0.15) is 30.7 Å². The molecule has 9 heteroatoms. The van der Waals surface area contributed by atoms with Gasteiger partial charge in [0.2, 0.25) is 5.72 Å². The highest BCUT2D eigenvalue weighted by molar-refractivity contribution is 5.74. The number of aliphatic hydroxyl groups excluding tert-OH is 1. The normalized spacial score (nSPS) is 33.6. The summed E-state index contributed by atoms with van der Waals surface area (Å²) < 4.78 is 22.9. The van der Waals surface area contributed by atoms with E-state index in [1.807, 2.05) is 24.3 Å². The van der Waals surface area contributed by atoms with Gasteiger partial charge in [-0.05, 0) is 31.5 Å². The highest BCUT2D eigenvalue weighted by atomic mass is 16.8. The molecule has 2 N–H and O–H groups in total. The average molecular weight is 380 g/mol. The van der Waals surface area contributed by atoms with Crippen molar-refractivity contribution >= 4 is 6.03 Å². The first-order valence-corrected chi connectivity index (χ1v) is 8.87. The van der Waals surface area contributed by atoms with Crippen molar-refractivity contribution in [1.82, 2.24) is 10.4 Å². The molecule has 1 aromatic carbocycles. The Labute approximate surface area is 157 Å². The number of carbonyl (C=O) groups excluding carboxylic acids is 1. The summed E-state index contributed by atoms with van der Waals surface area (Å²) in [6.07, 6.45) is -1.46. The second-order valence-corrected chi connectivity index (χ2v) is 7.28. The molecule has 3 fully saturated rings. The Hall–Kier alpha value is -1.91. The molecule has 4 atom stereocenters. The summed E-state index contributed by atoms with van der Waals surface area (Å²) in [5.41, 5.74) is -0.547. The third kappa shape index (κ3) is 3.05. The van der Waals surface area contributed by atoms with Crippen LogP contribution in [0.2, 0.25) is 0 Å². The van der Waals surface area contributed by atoms with Crippen LogP contribution in [0.5, 0.6) is 5.75 Å². The predicted octanol–water partition coefficient (Wildman–Crippen LogP) is 0.759. The van der Waals surface area contributed by atoms with Gasteiger partial charge in [0.15, 0.2) is 5.79 Å². The van der Waals surface area contributed by atoms with Crippen molar-refractivity contribution in [3.8, 4) is 5.75 Å². The molecule has 148 valence electrons. The zero-order valence-corrected chi connectivity index (χ0v) is 15.5. The van der Waals surface area contributed by atoms with E-state index < -0.39 is 42.5 Å². The topological polar surface area (TPSA) is 98.7 Å². The van der Waals surface area contributed by atoms with Crippen LogP contribution in [0.1, 0.15) is 19.4 Å². The zero-order valence-electron chi connectivity index (χ0n) is 15.5. The minimum Gasteiger partial charge on any atom is -0.497 e. The number of aliphatic hydroxyl groups is 1. The lowest BCUT2D eigenvalue weighted by Crippen LogP contribution is -2.64. The molecule has 27 heavy (non-hydrogen) atoms. The van der Waals surface area contributed by atoms with Gasteiger partial charge in [-0.15, -0.1) is 0 Å². The molecule has 2 amide bonds. The minimum atomic E-state index is -1.44. The number of amides is 2. The number of urea groups is 1. The quantitative estimate of drug-likeness (QED) is 0.796. The van der Waals surface area contributed by atoms with Crippen LogP contribution in [0.25, 0.3) is 0 Å². The Kier molecular flexibility index (Phi) is 4.52. The lowest BCUT2D eigenvalue weighted by atomic mass is 10.0. The van der Waals surface area contributed by atoms with Crippen molar-refractivity contribution < 1.29 is 33.7 Å². The molecule has 9 nitrogen and oxygen atoms in total. The highest BCUT2D eigenvalue weighted by Crippen LogP contribution is 2.48. The number of hydroxylamine groups is 2. The van der Waals surface area contributed by atoms with Crippen LogP contribution in [0.15, 0.2) is 24.3 Å².